The summed E-state index contributed by atoms with van der Waals surface area (Å²) >= 11 is 0. The van der Waals surface area contributed by atoms with Gasteiger partial charge in [0.1, 0.15) is 0 Å². The molecule has 2 rings (SSSR count). The predicted octanol–water partition coefficient (Wildman–Crippen LogP) is 3.59. The van der Waals surface area contributed by atoms with Gasteiger partial charge in [0.25, 0.3) is 0 Å². The average molecular weight is 209 g/mol. The number of hydrogen-bond acceptors (Lipinski definition) is 1. The zero-order valence-electron chi connectivity index (χ0n) is 11.1. The zero-order chi connectivity index (χ0) is 11.3. The number of nitrogens with one attached hydrogen (secondary N) is 1. The molecular formula is C14H27N. The van der Waals surface area contributed by atoms with E-state index in [1.807, 2.05) is 0 Å². The molecule has 0 aromatic heterocycles. The summed E-state index contributed by atoms with van der Waals surface area (Å²) < 4.78 is 0. The number of rotatable bonds is 2. The molecular weight excluding hydrogens is 182 g/mol. The van der Waals surface area contributed by atoms with Crippen molar-refractivity contribution < 1.29 is 0 Å². The first kappa shape index (κ1) is 11.4. The highest BCUT2D eigenvalue weighted by Gasteiger charge is 2.64. The van der Waals surface area contributed by atoms with E-state index in [1.165, 1.54) is 25.7 Å². The van der Waals surface area contributed by atoms with Crippen LogP contribution in [-0.2, 0) is 0 Å². The van der Waals surface area contributed by atoms with Crippen LogP contribution in [0, 0.1) is 16.7 Å². The van der Waals surface area contributed by atoms with E-state index in [9.17, 15) is 0 Å². The Morgan fingerprint density at radius 3 is 1.73 bits per heavy atom. The third-order valence-corrected chi connectivity index (χ3v) is 5.44. The second-order valence-corrected chi connectivity index (χ2v) is 7.00. The van der Waals surface area contributed by atoms with Crippen LogP contribution in [0.25, 0.3) is 0 Å². The first-order valence-electron chi connectivity index (χ1n) is 6.62. The Hall–Kier alpha value is -0.0400. The van der Waals surface area contributed by atoms with Gasteiger partial charge in [0, 0.05) is 12.1 Å². The predicted molar refractivity (Wildman–Crippen MR) is 65.9 cm³/mol. The van der Waals surface area contributed by atoms with Gasteiger partial charge in [-0.2, -0.15) is 0 Å². The lowest BCUT2D eigenvalue weighted by Gasteiger charge is -2.28. The van der Waals surface area contributed by atoms with Crippen molar-refractivity contribution in [2.24, 2.45) is 16.7 Å². The Morgan fingerprint density at radius 1 is 0.867 bits per heavy atom. The Kier molecular flexibility index (Phi) is 2.65. The highest BCUT2D eigenvalue weighted by molar-refractivity contribution is 5.18. The minimum absolute atomic E-state index is 0.496. The van der Waals surface area contributed by atoms with E-state index in [1.54, 1.807) is 0 Å². The topological polar surface area (TPSA) is 12.0 Å². The Balaban J connectivity index is 1.85. The SMILES string of the molecule is CC1CCC(NC2C(C)(C)C2(C)C)CC1. The smallest absolute Gasteiger partial charge is 0.0183 e. The fraction of sp³-hybridized carbons (Fsp3) is 1.00. The van der Waals surface area contributed by atoms with Crippen LogP contribution < -0.4 is 5.32 Å². The molecule has 0 aliphatic heterocycles. The number of hydrogen-bond donors (Lipinski definition) is 1. The first-order chi connectivity index (χ1) is 6.85. The van der Waals surface area contributed by atoms with Gasteiger partial charge in [0.05, 0.1) is 0 Å². The summed E-state index contributed by atoms with van der Waals surface area (Å²) in [7, 11) is 0. The van der Waals surface area contributed by atoms with E-state index in [0.717, 1.165) is 18.0 Å². The highest BCUT2D eigenvalue weighted by atomic mass is 15.1. The third-order valence-electron chi connectivity index (χ3n) is 5.44. The molecule has 0 aromatic carbocycles. The van der Waals surface area contributed by atoms with E-state index >= 15 is 0 Å². The van der Waals surface area contributed by atoms with Crippen molar-refractivity contribution in [1.82, 2.24) is 5.32 Å². The molecule has 1 N–H and O–H groups in total. The molecule has 0 radical (unpaired) electrons. The summed E-state index contributed by atoms with van der Waals surface area (Å²) in [6, 6.07) is 1.54. The van der Waals surface area contributed by atoms with Crippen LogP contribution in [0.3, 0.4) is 0 Å². The van der Waals surface area contributed by atoms with Crippen molar-refractivity contribution in [3.63, 3.8) is 0 Å². The minimum Gasteiger partial charge on any atom is -0.310 e. The molecule has 15 heavy (non-hydrogen) atoms. The van der Waals surface area contributed by atoms with Crippen LogP contribution >= 0.6 is 0 Å². The van der Waals surface area contributed by atoms with Crippen molar-refractivity contribution in [3.05, 3.63) is 0 Å². The summed E-state index contributed by atoms with van der Waals surface area (Å²) in [6.45, 7) is 12.0. The quantitative estimate of drug-likeness (QED) is 0.733. The van der Waals surface area contributed by atoms with Crippen molar-refractivity contribution in [1.29, 1.82) is 0 Å². The van der Waals surface area contributed by atoms with Crippen LogP contribution in [0.15, 0.2) is 0 Å². The van der Waals surface area contributed by atoms with Crippen LogP contribution in [0.4, 0.5) is 0 Å². The van der Waals surface area contributed by atoms with E-state index in [2.05, 4.69) is 39.9 Å². The summed E-state index contributed by atoms with van der Waals surface area (Å²) in [5.41, 5.74) is 0.992. The summed E-state index contributed by atoms with van der Waals surface area (Å²) in [5.74, 6) is 0.961. The molecule has 0 amide bonds. The van der Waals surface area contributed by atoms with Crippen molar-refractivity contribution in [3.8, 4) is 0 Å². The van der Waals surface area contributed by atoms with Crippen molar-refractivity contribution >= 4 is 0 Å². The molecule has 0 unspecified atom stereocenters. The van der Waals surface area contributed by atoms with Gasteiger partial charge in [0.2, 0.25) is 0 Å². The van der Waals surface area contributed by atoms with Crippen LogP contribution in [0.2, 0.25) is 0 Å². The molecule has 0 bridgehead atoms. The van der Waals surface area contributed by atoms with E-state index < -0.39 is 0 Å². The molecule has 0 atom stereocenters. The van der Waals surface area contributed by atoms with Gasteiger partial charge in [-0.15, -0.1) is 0 Å². The fourth-order valence-electron chi connectivity index (χ4n) is 3.28. The molecule has 2 aliphatic carbocycles. The maximum atomic E-state index is 3.89. The van der Waals surface area contributed by atoms with Gasteiger partial charge >= 0.3 is 0 Å². The molecule has 0 aromatic rings. The van der Waals surface area contributed by atoms with Gasteiger partial charge in [0.15, 0.2) is 0 Å². The van der Waals surface area contributed by atoms with E-state index in [0.29, 0.717) is 10.8 Å². The van der Waals surface area contributed by atoms with E-state index in [-0.39, 0.29) is 0 Å². The fourth-order valence-corrected chi connectivity index (χ4v) is 3.28. The van der Waals surface area contributed by atoms with Gasteiger partial charge in [-0.3, -0.25) is 0 Å². The van der Waals surface area contributed by atoms with Gasteiger partial charge < -0.3 is 5.32 Å². The largest absolute Gasteiger partial charge is 0.310 e. The normalized spacial score (nSPS) is 39.0. The zero-order valence-corrected chi connectivity index (χ0v) is 11.1. The highest BCUT2D eigenvalue weighted by Crippen LogP contribution is 2.62. The molecule has 88 valence electrons. The second-order valence-electron chi connectivity index (χ2n) is 7.00. The summed E-state index contributed by atoms with van der Waals surface area (Å²) in [4.78, 5) is 0. The third kappa shape index (κ3) is 1.84. The Morgan fingerprint density at radius 2 is 1.33 bits per heavy atom. The van der Waals surface area contributed by atoms with Gasteiger partial charge in [-0.1, -0.05) is 34.6 Å². The molecule has 2 fully saturated rings. The molecule has 2 saturated carbocycles. The molecule has 2 aliphatic rings. The van der Waals surface area contributed by atoms with Gasteiger partial charge in [-0.25, -0.2) is 0 Å². The maximum Gasteiger partial charge on any atom is 0.0183 e. The lowest BCUT2D eigenvalue weighted by atomic mass is 9.87. The molecule has 0 heterocycles. The first-order valence-corrected chi connectivity index (χ1v) is 6.62. The van der Waals surface area contributed by atoms with Crippen LogP contribution in [-0.4, -0.2) is 12.1 Å². The maximum absolute atomic E-state index is 3.89. The summed E-state index contributed by atoms with van der Waals surface area (Å²) in [6.07, 6.45) is 5.63. The minimum atomic E-state index is 0.496. The van der Waals surface area contributed by atoms with E-state index in [4.69, 9.17) is 0 Å². The van der Waals surface area contributed by atoms with Crippen LogP contribution in [0.5, 0.6) is 0 Å². The summed E-state index contributed by atoms with van der Waals surface area (Å²) in [5, 5.41) is 3.89. The Bertz CT molecular complexity index is 220. The second kappa shape index (κ2) is 3.48. The average Bonchev–Trinajstić information content (AvgIpc) is 2.52. The molecule has 0 saturated heterocycles. The monoisotopic (exact) mass is 209 g/mol. The van der Waals surface area contributed by atoms with Crippen LogP contribution in [0.1, 0.15) is 60.3 Å². The lowest BCUT2D eigenvalue weighted by Crippen LogP contribution is -2.36. The molecule has 0 spiro atoms. The standard InChI is InChI=1S/C14H27N/c1-10-6-8-11(9-7-10)15-12-13(2,3)14(12,4)5/h10-12,15H,6-9H2,1-5H3. The molecule has 1 heteroatoms. The lowest BCUT2D eigenvalue weighted by molar-refractivity contribution is 0.295. The van der Waals surface area contributed by atoms with Crippen molar-refractivity contribution in [2.75, 3.05) is 0 Å². The molecule has 1 nitrogen and oxygen atoms in total. The van der Waals surface area contributed by atoms with Crippen molar-refractivity contribution in [2.45, 2.75) is 72.4 Å². The Labute approximate surface area is 95.0 Å². The van der Waals surface area contributed by atoms with Gasteiger partial charge in [-0.05, 0) is 42.4 Å².